The molecule has 3 rings (SSSR count). The average Bonchev–Trinajstić information content (AvgIpc) is 3.30. The monoisotopic (exact) mass is 422 g/mol. The summed E-state index contributed by atoms with van der Waals surface area (Å²) in [5.41, 5.74) is 2.13. The molecule has 2 amide bonds. The molecule has 1 aliphatic rings. The lowest BCUT2D eigenvalue weighted by Crippen LogP contribution is -2.32. The summed E-state index contributed by atoms with van der Waals surface area (Å²) in [6.45, 7) is 4.59. The first-order valence-electron chi connectivity index (χ1n) is 12.1. The number of urea groups is 1. The van der Waals surface area contributed by atoms with Gasteiger partial charge in [-0.3, -0.25) is 0 Å². The average molecular weight is 423 g/mol. The smallest absolute Gasteiger partial charge is 0.321 e. The number of ether oxygens (including phenoxy) is 1. The van der Waals surface area contributed by atoms with Crippen LogP contribution in [0.3, 0.4) is 0 Å². The molecule has 2 aromatic rings. The Morgan fingerprint density at radius 1 is 0.935 bits per heavy atom. The predicted octanol–water partition coefficient (Wildman–Crippen LogP) is 7.23. The minimum absolute atomic E-state index is 0.0222. The van der Waals surface area contributed by atoms with Gasteiger partial charge in [-0.15, -0.1) is 0 Å². The largest absolute Gasteiger partial charge is 0.494 e. The van der Waals surface area contributed by atoms with Crippen molar-refractivity contribution >= 4 is 11.7 Å². The molecule has 31 heavy (non-hydrogen) atoms. The van der Waals surface area contributed by atoms with Gasteiger partial charge < -0.3 is 15.0 Å². The van der Waals surface area contributed by atoms with Crippen LogP contribution >= 0.6 is 0 Å². The fourth-order valence-corrected chi connectivity index (χ4v) is 4.21. The van der Waals surface area contributed by atoms with Crippen molar-refractivity contribution in [3.05, 3.63) is 60.2 Å². The van der Waals surface area contributed by atoms with Gasteiger partial charge in [-0.25, -0.2) is 4.79 Å². The zero-order valence-electron chi connectivity index (χ0n) is 19.0. The zero-order valence-corrected chi connectivity index (χ0v) is 19.0. The minimum atomic E-state index is -0.0222. The van der Waals surface area contributed by atoms with Crippen molar-refractivity contribution in [3.8, 4) is 5.75 Å². The second-order valence-electron chi connectivity index (χ2n) is 8.62. The molecule has 0 unspecified atom stereocenters. The Hall–Kier alpha value is -2.49. The molecule has 1 aliphatic heterocycles. The number of hydrogen-bond donors (Lipinski definition) is 1. The summed E-state index contributed by atoms with van der Waals surface area (Å²) in [6, 6.07) is 18.2. The summed E-state index contributed by atoms with van der Waals surface area (Å²) in [5.74, 6) is 1.30. The van der Waals surface area contributed by atoms with Crippen LogP contribution < -0.4 is 10.1 Å². The molecular weight excluding hydrogens is 384 g/mol. The maximum atomic E-state index is 12.6. The summed E-state index contributed by atoms with van der Waals surface area (Å²) in [4.78, 5) is 14.5. The van der Waals surface area contributed by atoms with Gasteiger partial charge in [-0.1, -0.05) is 82.2 Å². The maximum Gasteiger partial charge on any atom is 0.321 e. The Bertz CT molecular complexity index is 761. The molecule has 0 radical (unpaired) electrons. The number of hydrogen-bond acceptors (Lipinski definition) is 2. The van der Waals surface area contributed by atoms with E-state index in [0.717, 1.165) is 44.0 Å². The third-order valence-corrected chi connectivity index (χ3v) is 6.12. The number of rotatable bonds is 12. The molecule has 2 aromatic carbocycles. The summed E-state index contributed by atoms with van der Waals surface area (Å²) in [5, 5.41) is 3.02. The van der Waals surface area contributed by atoms with E-state index < -0.39 is 0 Å². The fourth-order valence-electron chi connectivity index (χ4n) is 4.21. The van der Waals surface area contributed by atoms with Gasteiger partial charge in [0.1, 0.15) is 5.75 Å². The van der Waals surface area contributed by atoms with Gasteiger partial charge in [-0.2, -0.15) is 0 Å². The van der Waals surface area contributed by atoms with E-state index >= 15 is 0 Å². The molecule has 1 fully saturated rings. The molecule has 1 N–H and O–H groups in total. The number of amides is 2. The lowest BCUT2D eigenvalue weighted by molar-refractivity contribution is 0.222. The second-order valence-corrected chi connectivity index (χ2v) is 8.62. The van der Waals surface area contributed by atoms with E-state index in [1.807, 2.05) is 35.2 Å². The minimum Gasteiger partial charge on any atom is -0.494 e. The SMILES string of the molecule is CCCCCCCCCCOc1ccc(NC(=O)N2CC[C@H](c3ccccc3)C2)cc1. The molecule has 4 heteroatoms. The van der Waals surface area contributed by atoms with E-state index in [9.17, 15) is 4.79 Å². The van der Waals surface area contributed by atoms with Gasteiger partial charge in [0.25, 0.3) is 0 Å². The highest BCUT2D eigenvalue weighted by Crippen LogP contribution is 2.27. The Balaban J connectivity index is 1.32. The van der Waals surface area contributed by atoms with Crippen LogP contribution in [0.1, 0.15) is 76.2 Å². The third kappa shape index (κ3) is 7.93. The second kappa shape index (κ2) is 13.0. The molecule has 1 heterocycles. The Morgan fingerprint density at radius 2 is 1.61 bits per heavy atom. The predicted molar refractivity (Wildman–Crippen MR) is 129 cm³/mol. The zero-order chi connectivity index (χ0) is 21.7. The van der Waals surface area contributed by atoms with Crippen LogP contribution in [-0.2, 0) is 0 Å². The molecule has 0 bridgehead atoms. The number of nitrogens with one attached hydrogen (secondary N) is 1. The lowest BCUT2D eigenvalue weighted by atomic mass is 9.99. The summed E-state index contributed by atoms with van der Waals surface area (Å²) in [7, 11) is 0. The van der Waals surface area contributed by atoms with Crippen LogP contribution in [0.15, 0.2) is 54.6 Å². The molecule has 1 atom stereocenters. The van der Waals surface area contributed by atoms with Gasteiger partial charge in [0.05, 0.1) is 6.61 Å². The Labute approximate surface area is 188 Å². The van der Waals surface area contributed by atoms with Crippen molar-refractivity contribution in [1.82, 2.24) is 4.90 Å². The number of nitrogens with zero attached hydrogens (tertiary/aromatic N) is 1. The first-order chi connectivity index (χ1) is 15.3. The molecule has 0 spiro atoms. The highest BCUT2D eigenvalue weighted by Gasteiger charge is 2.27. The topological polar surface area (TPSA) is 41.6 Å². The Morgan fingerprint density at radius 3 is 2.32 bits per heavy atom. The van der Waals surface area contributed by atoms with Gasteiger partial charge >= 0.3 is 6.03 Å². The van der Waals surface area contributed by atoms with Crippen molar-refractivity contribution in [2.24, 2.45) is 0 Å². The van der Waals surface area contributed by atoms with Crippen molar-refractivity contribution in [3.63, 3.8) is 0 Å². The van der Waals surface area contributed by atoms with Gasteiger partial charge in [-0.05, 0) is 42.7 Å². The standard InChI is InChI=1S/C27H38N2O2/c1-2-3-4-5-6-7-8-12-21-31-26-17-15-25(16-18-26)28-27(30)29-20-19-24(22-29)23-13-10-9-11-14-23/h9-11,13-18,24H,2-8,12,19-22H2,1H3,(H,28,30)/t24-/m0/s1. The number of carbonyl (C=O) groups is 1. The molecule has 0 saturated carbocycles. The maximum absolute atomic E-state index is 12.6. The van der Waals surface area contributed by atoms with Crippen LogP contribution in [0.5, 0.6) is 5.75 Å². The van der Waals surface area contributed by atoms with Gasteiger partial charge in [0.2, 0.25) is 0 Å². The van der Waals surface area contributed by atoms with Crippen molar-refractivity contribution in [2.75, 3.05) is 25.0 Å². The molecular formula is C27H38N2O2. The summed E-state index contributed by atoms with van der Waals surface area (Å²) < 4.78 is 5.85. The van der Waals surface area contributed by atoms with E-state index in [1.54, 1.807) is 0 Å². The number of carbonyl (C=O) groups excluding carboxylic acids is 1. The third-order valence-electron chi connectivity index (χ3n) is 6.12. The van der Waals surface area contributed by atoms with E-state index in [2.05, 4.69) is 36.5 Å². The number of benzene rings is 2. The Kier molecular flexibility index (Phi) is 9.75. The summed E-state index contributed by atoms with van der Waals surface area (Å²) in [6.07, 6.45) is 11.4. The van der Waals surface area contributed by atoms with Gasteiger partial charge in [0, 0.05) is 24.7 Å². The van der Waals surface area contributed by atoms with Crippen molar-refractivity contribution in [1.29, 1.82) is 0 Å². The van der Waals surface area contributed by atoms with E-state index in [4.69, 9.17) is 4.74 Å². The molecule has 4 nitrogen and oxygen atoms in total. The van der Waals surface area contributed by atoms with E-state index in [-0.39, 0.29) is 6.03 Å². The highest BCUT2D eigenvalue weighted by atomic mass is 16.5. The van der Waals surface area contributed by atoms with E-state index in [1.165, 1.54) is 50.5 Å². The first kappa shape index (κ1) is 23.2. The van der Waals surface area contributed by atoms with Crippen molar-refractivity contribution in [2.45, 2.75) is 70.6 Å². The normalized spacial score (nSPS) is 15.8. The first-order valence-corrected chi connectivity index (χ1v) is 12.1. The summed E-state index contributed by atoms with van der Waals surface area (Å²) >= 11 is 0. The molecule has 0 aromatic heterocycles. The number of anilines is 1. The quantitative estimate of drug-likeness (QED) is 0.367. The molecule has 1 saturated heterocycles. The number of likely N-dealkylation sites (tertiary alicyclic amines) is 1. The fraction of sp³-hybridized carbons (Fsp3) is 0.519. The van der Waals surface area contributed by atoms with Crippen molar-refractivity contribution < 1.29 is 9.53 Å². The highest BCUT2D eigenvalue weighted by molar-refractivity contribution is 5.89. The van der Waals surface area contributed by atoms with Crippen LogP contribution in [-0.4, -0.2) is 30.6 Å². The van der Waals surface area contributed by atoms with Crippen LogP contribution in [0.4, 0.5) is 10.5 Å². The molecule has 168 valence electrons. The van der Waals surface area contributed by atoms with Crippen LogP contribution in [0.2, 0.25) is 0 Å². The van der Waals surface area contributed by atoms with E-state index in [0.29, 0.717) is 5.92 Å². The number of unbranched alkanes of at least 4 members (excludes halogenated alkanes) is 7. The lowest BCUT2D eigenvalue weighted by Gasteiger charge is -2.18. The van der Waals surface area contributed by atoms with Gasteiger partial charge in [0.15, 0.2) is 0 Å². The van der Waals surface area contributed by atoms with Crippen LogP contribution in [0, 0.1) is 0 Å². The van der Waals surface area contributed by atoms with Crippen LogP contribution in [0.25, 0.3) is 0 Å². The molecule has 0 aliphatic carbocycles.